The van der Waals surface area contributed by atoms with Gasteiger partial charge in [-0.15, -0.1) is 11.3 Å². The van der Waals surface area contributed by atoms with Crippen molar-refractivity contribution in [1.82, 2.24) is 15.0 Å². The maximum absolute atomic E-state index is 5.36. The van der Waals surface area contributed by atoms with Crippen molar-refractivity contribution >= 4 is 32.3 Å². The molecule has 0 saturated heterocycles. The summed E-state index contributed by atoms with van der Waals surface area (Å²) < 4.78 is 1.24. The van der Waals surface area contributed by atoms with Crippen LogP contribution in [0.2, 0.25) is 0 Å². The zero-order valence-electron chi connectivity index (χ0n) is 29.8. The molecule has 55 heavy (non-hydrogen) atoms. The molecule has 10 rings (SSSR count). The van der Waals surface area contributed by atoms with E-state index in [2.05, 4.69) is 164 Å². The lowest BCUT2D eigenvalue weighted by Gasteiger charge is -2.12. The number of pyridine rings is 1. The van der Waals surface area contributed by atoms with Crippen LogP contribution in [0, 0.1) is 0 Å². The Balaban J connectivity index is 1.18. The van der Waals surface area contributed by atoms with Gasteiger partial charge in [0.2, 0.25) is 0 Å². The average Bonchev–Trinajstić information content (AvgIpc) is 3.68. The van der Waals surface area contributed by atoms with E-state index < -0.39 is 0 Å². The molecule has 4 heteroatoms. The normalized spacial score (nSPS) is 11.3. The van der Waals surface area contributed by atoms with Crippen LogP contribution in [0.25, 0.3) is 98.8 Å². The first-order valence-electron chi connectivity index (χ1n) is 18.4. The molecule has 0 spiro atoms. The number of nitrogens with zero attached hydrogens (tertiary/aromatic N) is 3. The second-order valence-corrected chi connectivity index (χ2v) is 14.6. The fourth-order valence-electron chi connectivity index (χ4n) is 7.42. The number of para-hydroxylation sites is 1. The lowest BCUT2D eigenvalue weighted by molar-refractivity contribution is 1.18. The number of hydrogen-bond donors (Lipinski definition) is 0. The predicted molar refractivity (Wildman–Crippen MR) is 231 cm³/mol. The monoisotopic (exact) mass is 719 g/mol. The molecule has 0 aliphatic rings. The van der Waals surface area contributed by atoms with Crippen LogP contribution in [-0.4, -0.2) is 15.0 Å². The second-order valence-electron chi connectivity index (χ2n) is 13.6. The lowest BCUT2D eigenvalue weighted by atomic mass is 9.92. The van der Waals surface area contributed by atoms with Gasteiger partial charge in [-0.3, -0.25) is 0 Å². The van der Waals surface area contributed by atoms with Crippen molar-refractivity contribution in [3.8, 4) is 77.9 Å². The highest BCUT2D eigenvalue weighted by Crippen LogP contribution is 2.50. The molecule has 258 valence electrons. The third-order valence-corrected chi connectivity index (χ3v) is 11.4. The zero-order chi connectivity index (χ0) is 36.6. The van der Waals surface area contributed by atoms with Crippen LogP contribution in [-0.2, 0) is 0 Å². The first-order chi connectivity index (χ1) is 27.3. The van der Waals surface area contributed by atoms with Crippen molar-refractivity contribution in [2.24, 2.45) is 0 Å². The standard InChI is InChI=1S/C51H33N3S/c1-5-16-34(17-6-1)40-24-15-25-41(32-40)46-47-48(37-20-9-3-10-21-37)52-43-27-14-13-26-42(43)50(47)55-49(46)38-30-28-36(29-31-38)45-33-44(35-18-7-2-8-19-35)53-51(54-45)39-22-11-4-12-23-39/h1-33H. The number of rotatable bonds is 7. The van der Waals surface area contributed by atoms with Crippen molar-refractivity contribution < 1.29 is 0 Å². The molecule has 0 unspecified atom stereocenters. The quantitative estimate of drug-likeness (QED) is 0.165. The van der Waals surface area contributed by atoms with Crippen molar-refractivity contribution in [2.75, 3.05) is 0 Å². The van der Waals surface area contributed by atoms with Crippen LogP contribution in [0.3, 0.4) is 0 Å². The Morgan fingerprint density at radius 1 is 0.345 bits per heavy atom. The molecule has 0 N–H and O–H groups in total. The highest BCUT2D eigenvalue weighted by molar-refractivity contribution is 7.24. The molecule has 3 nitrogen and oxygen atoms in total. The molecule has 7 aromatic carbocycles. The molecule has 0 amide bonds. The molecular weight excluding hydrogens is 687 g/mol. The van der Waals surface area contributed by atoms with Crippen LogP contribution in [0.5, 0.6) is 0 Å². The van der Waals surface area contributed by atoms with Gasteiger partial charge in [0, 0.05) is 48.2 Å². The molecule has 0 radical (unpaired) electrons. The maximum Gasteiger partial charge on any atom is 0.160 e. The minimum absolute atomic E-state index is 0.707. The van der Waals surface area contributed by atoms with Gasteiger partial charge in [-0.2, -0.15) is 0 Å². The Hall–Kier alpha value is -7.01. The largest absolute Gasteiger partial charge is 0.247 e. The zero-order valence-corrected chi connectivity index (χ0v) is 30.6. The third kappa shape index (κ3) is 6.19. The van der Waals surface area contributed by atoms with Gasteiger partial charge in [0.05, 0.1) is 22.6 Å². The van der Waals surface area contributed by atoms with Crippen LogP contribution in [0.15, 0.2) is 200 Å². The average molecular weight is 720 g/mol. The van der Waals surface area contributed by atoms with Gasteiger partial charge in [-0.1, -0.05) is 182 Å². The van der Waals surface area contributed by atoms with Crippen LogP contribution in [0.4, 0.5) is 0 Å². The number of fused-ring (bicyclic) bond motifs is 3. The SMILES string of the molecule is c1ccc(-c2cccc(-c3c(-c4ccc(-c5cc(-c6ccccc6)nc(-c6ccccc6)n5)cc4)sc4c3c(-c3ccccc3)nc3ccccc34)c2)cc1. The minimum Gasteiger partial charge on any atom is -0.247 e. The van der Waals surface area contributed by atoms with E-state index in [4.69, 9.17) is 15.0 Å². The number of aromatic nitrogens is 3. The Kier molecular flexibility index (Phi) is 8.36. The van der Waals surface area contributed by atoms with Crippen molar-refractivity contribution in [2.45, 2.75) is 0 Å². The number of hydrogen-bond acceptors (Lipinski definition) is 4. The molecule has 3 aromatic heterocycles. The highest BCUT2D eigenvalue weighted by atomic mass is 32.1. The summed E-state index contributed by atoms with van der Waals surface area (Å²) in [7, 11) is 0. The molecule has 0 saturated carbocycles. The summed E-state index contributed by atoms with van der Waals surface area (Å²) in [6, 6.07) is 70.2. The van der Waals surface area contributed by atoms with Gasteiger partial charge in [0.15, 0.2) is 5.82 Å². The third-order valence-electron chi connectivity index (χ3n) is 10.1. The molecule has 0 bridgehead atoms. The minimum atomic E-state index is 0.707. The molecule has 0 atom stereocenters. The van der Waals surface area contributed by atoms with Crippen LogP contribution in [0.1, 0.15) is 0 Å². The van der Waals surface area contributed by atoms with Gasteiger partial charge >= 0.3 is 0 Å². The van der Waals surface area contributed by atoms with E-state index in [0.29, 0.717) is 5.82 Å². The smallest absolute Gasteiger partial charge is 0.160 e. The highest BCUT2D eigenvalue weighted by Gasteiger charge is 2.23. The van der Waals surface area contributed by atoms with Gasteiger partial charge < -0.3 is 0 Å². The van der Waals surface area contributed by atoms with E-state index in [9.17, 15) is 0 Å². The van der Waals surface area contributed by atoms with Gasteiger partial charge in [-0.25, -0.2) is 15.0 Å². The Morgan fingerprint density at radius 2 is 0.855 bits per heavy atom. The molecule has 0 aliphatic carbocycles. The Labute approximate surface area is 323 Å². The summed E-state index contributed by atoms with van der Waals surface area (Å²) in [5, 5.41) is 2.34. The fraction of sp³-hybridized carbons (Fsp3) is 0. The summed E-state index contributed by atoms with van der Waals surface area (Å²) in [6.45, 7) is 0. The van der Waals surface area contributed by atoms with Gasteiger partial charge in [0.25, 0.3) is 0 Å². The Morgan fingerprint density at radius 3 is 1.53 bits per heavy atom. The van der Waals surface area contributed by atoms with E-state index in [1.165, 1.54) is 31.7 Å². The van der Waals surface area contributed by atoms with Gasteiger partial charge in [0.1, 0.15) is 0 Å². The molecule has 10 aromatic rings. The van der Waals surface area contributed by atoms with Crippen LogP contribution < -0.4 is 0 Å². The molecule has 0 aliphatic heterocycles. The van der Waals surface area contributed by atoms with Crippen molar-refractivity contribution in [3.05, 3.63) is 200 Å². The Bertz CT molecular complexity index is 2880. The predicted octanol–water partition coefficient (Wildman–Crippen LogP) is 13.9. The van der Waals surface area contributed by atoms with Crippen molar-refractivity contribution in [1.29, 1.82) is 0 Å². The number of benzene rings is 7. The number of thiophene rings is 1. The summed E-state index contributed by atoms with van der Waals surface area (Å²) in [4.78, 5) is 16.7. The van der Waals surface area contributed by atoms with E-state index in [-0.39, 0.29) is 0 Å². The van der Waals surface area contributed by atoms with Crippen molar-refractivity contribution in [3.63, 3.8) is 0 Å². The summed E-state index contributed by atoms with van der Waals surface area (Å²) >= 11 is 1.85. The lowest BCUT2D eigenvalue weighted by Crippen LogP contribution is -1.95. The van der Waals surface area contributed by atoms with E-state index >= 15 is 0 Å². The van der Waals surface area contributed by atoms with E-state index in [1.54, 1.807) is 0 Å². The maximum atomic E-state index is 5.36. The molecule has 3 heterocycles. The molecule has 0 fully saturated rings. The topological polar surface area (TPSA) is 38.7 Å². The summed E-state index contributed by atoms with van der Waals surface area (Å²) in [6.07, 6.45) is 0. The summed E-state index contributed by atoms with van der Waals surface area (Å²) in [5.41, 5.74) is 13.8. The van der Waals surface area contributed by atoms with E-state index in [1.807, 2.05) is 47.7 Å². The summed E-state index contributed by atoms with van der Waals surface area (Å²) in [5.74, 6) is 0.707. The fourth-order valence-corrected chi connectivity index (χ4v) is 8.78. The first-order valence-corrected chi connectivity index (χ1v) is 19.3. The first kappa shape index (κ1) is 32.6. The van der Waals surface area contributed by atoms with E-state index in [0.717, 1.165) is 61.4 Å². The molecular formula is C51H33N3S. The van der Waals surface area contributed by atoms with Crippen LogP contribution >= 0.6 is 11.3 Å². The second kappa shape index (κ2) is 14.1. The van der Waals surface area contributed by atoms with Gasteiger partial charge in [-0.05, 0) is 40.5 Å².